The van der Waals surface area contributed by atoms with Gasteiger partial charge in [0, 0.05) is 19.3 Å². The molecule has 0 aliphatic carbocycles. The average Bonchev–Trinajstić information content (AvgIpc) is 3.18. The minimum atomic E-state index is -1.27. The molecule has 0 saturated heterocycles. The average molecular weight is 874 g/mol. The third-order valence-electron chi connectivity index (χ3n) is 10.3. The molecular formula is C45H75N7O10. The van der Waals surface area contributed by atoms with E-state index < -0.39 is 84.1 Å². The highest BCUT2D eigenvalue weighted by atomic mass is 16.4. The van der Waals surface area contributed by atoms with Crippen molar-refractivity contribution < 1.29 is 48.6 Å². The van der Waals surface area contributed by atoms with Crippen molar-refractivity contribution in [1.29, 1.82) is 0 Å². The summed E-state index contributed by atoms with van der Waals surface area (Å²) < 4.78 is 0. The lowest BCUT2D eigenvalue weighted by Gasteiger charge is -2.26. The van der Waals surface area contributed by atoms with Gasteiger partial charge in [-0.25, -0.2) is 4.79 Å². The number of nitrogens with two attached hydrogens (primary N) is 2. The summed E-state index contributed by atoms with van der Waals surface area (Å²) in [6, 6.07) is 3.41. The van der Waals surface area contributed by atoms with Crippen LogP contribution in [0.3, 0.4) is 0 Å². The zero-order chi connectivity index (χ0) is 46.6. The van der Waals surface area contributed by atoms with Crippen LogP contribution < -0.4 is 38.1 Å². The minimum Gasteiger partial charge on any atom is -0.480 e. The van der Waals surface area contributed by atoms with Crippen LogP contribution in [-0.4, -0.2) is 93.8 Å². The molecule has 62 heavy (non-hydrogen) atoms. The molecule has 11 N–H and O–H groups in total. The molecule has 0 radical (unpaired) electrons. The van der Waals surface area contributed by atoms with Gasteiger partial charge < -0.3 is 48.3 Å². The lowest BCUT2D eigenvalue weighted by molar-refractivity contribution is -0.142. The lowest BCUT2D eigenvalue weighted by atomic mass is 10.0. The van der Waals surface area contributed by atoms with E-state index in [1.54, 1.807) is 0 Å². The fraction of sp³-hybridized carbons (Fsp3) is 0.689. The molecule has 0 unspecified atom stereocenters. The molecule has 17 heteroatoms. The first-order chi connectivity index (χ1) is 29.3. The highest BCUT2D eigenvalue weighted by Crippen LogP contribution is 2.14. The summed E-state index contributed by atoms with van der Waals surface area (Å²) in [6.07, 6.45) is 10.5. The second-order valence-corrected chi connectivity index (χ2v) is 17.2. The van der Waals surface area contributed by atoms with Gasteiger partial charge in [0.25, 0.3) is 0 Å². The zero-order valence-electron chi connectivity index (χ0n) is 37.5. The number of benzene rings is 1. The van der Waals surface area contributed by atoms with Crippen molar-refractivity contribution in [2.24, 2.45) is 23.3 Å². The molecule has 0 heterocycles. The standard InChI is InChI=1S/C45H75N7O10/c1-29(2)25-34(42(58)49-33(41(47)57)27-32-21-17-16-18-22-32)50-44(60)40(31(5)53)52-39(56)24-20-15-13-11-9-7-6-8-10-12-14-19-23-38(55)48-35(28-37(46)54)43(59)51-36(45(61)62)26-30(3)4/h16-18,21-22,29-31,33-36,40,53H,6-15,19-20,23-28H2,1-5H3,(H2,46,54)(H2,47,57)(H,48,55)(H,49,58)(H,50,60)(H,51,59)(H,52,56)(H,61,62)/t31-,33+,34+,35+,36+,40+/m1/s1. The number of nitrogens with one attached hydrogen (secondary N) is 5. The number of unbranched alkanes of at least 4 members (excludes halogenated alkanes) is 11. The molecule has 0 spiro atoms. The van der Waals surface area contributed by atoms with E-state index >= 15 is 0 Å². The van der Waals surface area contributed by atoms with Crippen molar-refractivity contribution in [1.82, 2.24) is 26.6 Å². The summed E-state index contributed by atoms with van der Waals surface area (Å²) >= 11 is 0. The fourth-order valence-electron chi connectivity index (χ4n) is 6.94. The van der Waals surface area contributed by atoms with Gasteiger partial charge in [-0.2, -0.15) is 0 Å². The van der Waals surface area contributed by atoms with Gasteiger partial charge in [-0.15, -0.1) is 0 Å². The van der Waals surface area contributed by atoms with E-state index in [0.717, 1.165) is 69.8 Å². The van der Waals surface area contributed by atoms with Gasteiger partial charge in [0.1, 0.15) is 30.2 Å². The van der Waals surface area contributed by atoms with Crippen molar-refractivity contribution in [3.63, 3.8) is 0 Å². The third-order valence-corrected chi connectivity index (χ3v) is 10.3. The van der Waals surface area contributed by atoms with Gasteiger partial charge in [-0.1, -0.05) is 122 Å². The van der Waals surface area contributed by atoms with E-state index in [0.29, 0.717) is 12.8 Å². The Morgan fingerprint density at radius 1 is 0.532 bits per heavy atom. The number of amides is 7. The van der Waals surface area contributed by atoms with Crippen LogP contribution in [0.15, 0.2) is 30.3 Å². The number of aliphatic hydroxyl groups excluding tert-OH is 1. The number of carboxylic acid groups (broad SMARTS) is 1. The third kappa shape index (κ3) is 25.0. The van der Waals surface area contributed by atoms with Crippen LogP contribution in [-0.2, 0) is 44.8 Å². The van der Waals surface area contributed by atoms with E-state index in [2.05, 4.69) is 26.6 Å². The number of rotatable bonds is 34. The van der Waals surface area contributed by atoms with Crippen LogP contribution in [0.1, 0.15) is 149 Å². The highest BCUT2D eigenvalue weighted by molar-refractivity contribution is 5.95. The molecule has 0 bridgehead atoms. The quantitative estimate of drug-likeness (QED) is 0.0456. The van der Waals surface area contributed by atoms with Gasteiger partial charge in [0.05, 0.1) is 12.5 Å². The van der Waals surface area contributed by atoms with Crippen LogP contribution in [0.4, 0.5) is 0 Å². The largest absolute Gasteiger partial charge is 0.480 e. The summed E-state index contributed by atoms with van der Waals surface area (Å²) in [7, 11) is 0. The predicted octanol–water partition coefficient (Wildman–Crippen LogP) is 3.03. The van der Waals surface area contributed by atoms with E-state index in [9.17, 15) is 48.6 Å². The van der Waals surface area contributed by atoms with Crippen molar-refractivity contribution in [3.8, 4) is 0 Å². The van der Waals surface area contributed by atoms with Crippen LogP contribution in [0, 0.1) is 11.8 Å². The van der Waals surface area contributed by atoms with Crippen LogP contribution in [0.5, 0.6) is 0 Å². The smallest absolute Gasteiger partial charge is 0.326 e. The van der Waals surface area contributed by atoms with Crippen LogP contribution in [0.2, 0.25) is 0 Å². The zero-order valence-corrected chi connectivity index (χ0v) is 37.5. The number of carbonyl (C=O) groups is 8. The maximum atomic E-state index is 13.3. The van der Waals surface area contributed by atoms with Crippen LogP contribution in [0.25, 0.3) is 0 Å². The number of aliphatic carboxylic acids is 1. The lowest BCUT2D eigenvalue weighted by Crippen LogP contribution is -2.59. The Labute approximate surface area is 367 Å². The van der Waals surface area contributed by atoms with Crippen molar-refractivity contribution in [3.05, 3.63) is 35.9 Å². The molecule has 17 nitrogen and oxygen atoms in total. The fourth-order valence-corrected chi connectivity index (χ4v) is 6.94. The maximum Gasteiger partial charge on any atom is 0.326 e. The number of hydrogen-bond donors (Lipinski definition) is 9. The number of carbonyl (C=O) groups excluding carboxylic acids is 7. The predicted molar refractivity (Wildman–Crippen MR) is 236 cm³/mol. The van der Waals surface area contributed by atoms with Gasteiger partial charge in [-0.3, -0.25) is 33.6 Å². The second kappa shape index (κ2) is 30.9. The Bertz CT molecular complexity index is 1560. The topological polar surface area (TPSA) is 289 Å². The minimum absolute atomic E-state index is 0.00206. The molecule has 1 aromatic rings. The van der Waals surface area contributed by atoms with Crippen molar-refractivity contribution in [2.45, 2.75) is 187 Å². The first kappa shape index (κ1) is 55.0. The Morgan fingerprint density at radius 3 is 1.39 bits per heavy atom. The Kier molecular flexibility index (Phi) is 27.4. The molecular weight excluding hydrogens is 799 g/mol. The molecule has 1 aromatic carbocycles. The maximum absolute atomic E-state index is 13.3. The molecule has 7 amide bonds. The summed E-state index contributed by atoms with van der Waals surface area (Å²) in [4.78, 5) is 99.7. The Balaban J connectivity index is 2.33. The first-order valence-corrected chi connectivity index (χ1v) is 22.3. The summed E-state index contributed by atoms with van der Waals surface area (Å²) in [5.74, 6) is -5.52. The Morgan fingerprint density at radius 2 is 0.952 bits per heavy atom. The van der Waals surface area contributed by atoms with Gasteiger partial charge >= 0.3 is 5.97 Å². The molecule has 1 rings (SSSR count). The normalized spacial score (nSPS) is 14.1. The molecule has 0 aromatic heterocycles. The SMILES string of the molecule is CC(C)C[C@H](NC(=O)[C@H](CC(N)=O)NC(=O)CCCCCCCCCCCCCCC(=O)N[C@H](C(=O)N[C@@H](CC(C)C)C(=O)N[C@@H](Cc1ccccc1)C(N)=O)[C@@H](C)O)C(=O)O. The van der Waals surface area contributed by atoms with E-state index in [1.165, 1.54) is 6.92 Å². The van der Waals surface area contributed by atoms with Gasteiger partial charge in [-0.05, 0) is 50.0 Å². The number of hydrogen-bond acceptors (Lipinski definition) is 9. The second-order valence-electron chi connectivity index (χ2n) is 17.2. The highest BCUT2D eigenvalue weighted by Gasteiger charge is 2.32. The number of carboxylic acids is 1. The molecule has 6 atom stereocenters. The summed E-state index contributed by atoms with van der Waals surface area (Å²) in [5, 5.41) is 32.6. The van der Waals surface area contributed by atoms with E-state index in [1.807, 2.05) is 58.0 Å². The number of aliphatic hydroxyl groups is 1. The number of primary amides is 2. The molecule has 0 aliphatic rings. The van der Waals surface area contributed by atoms with Gasteiger partial charge in [0.15, 0.2) is 0 Å². The molecule has 0 aliphatic heterocycles. The van der Waals surface area contributed by atoms with E-state index in [-0.39, 0.29) is 49.8 Å². The Hall–Kier alpha value is -5.06. The van der Waals surface area contributed by atoms with E-state index in [4.69, 9.17) is 11.5 Å². The van der Waals surface area contributed by atoms with Crippen molar-refractivity contribution in [2.75, 3.05) is 0 Å². The summed E-state index contributed by atoms with van der Waals surface area (Å²) in [6.45, 7) is 8.79. The molecule has 0 fully saturated rings. The van der Waals surface area contributed by atoms with Crippen LogP contribution >= 0.6 is 0 Å². The van der Waals surface area contributed by atoms with Crippen molar-refractivity contribution >= 4 is 47.3 Å². The molecule has 0 saturated carbocycles. The van der Waals surface area contributed by atoms with Gasteiger partial charge in [0.2, 0.25) is 41.4 Å². The first-order valence-electron chi connectivity index (χ1n) is 22.3. The summed E-state index contributed by atoms with van der Waals surface area (Å²) in [5.41, 5.74) is 11.6. The monoisotopic (exact) mass is 874 g/mol. The molecule has 350 valence electrons.